The molecule has 1 aromatic rings. The molecule has 0 aliphatic carbocycles. The number of amides is 1. The topological polar surface area (TPSA) is 66.5 Å². The minimum Gasteiger partial charge on any atom is -0.351 e. The van der Waals surface area contributed by atoms with Crippen molar-refractivity contribution in [1.29, 1.82) is 0 Å². The summed E-state index contributed by atoms with van der Waals surface area (Å²) in [4.78, 5) is 12.0. The van der Waals surface area contributed by atoms with E-state index in [9.17, 15) is 13.2 Å². The van der Waals surface area contributed by atoms with Crippen LogP contribution in [0.1, 0.15) is 29.8 Å². The summed E-state index contributed by atoms with van der Waals surface area (Å²) in [5, 5.41) is 2.77. The lowest BCUT2D eigenvalue weighted by atomic mass is 10.1. The Morgan fingerprint density at radius 1 is 1.29 bits per heavy atom. The van der Waals surface area contributed by atoms with E-state index in [0.717, 1.165) is 5.56 Å². The zero-order valence-corrected chi connectivity index (χ0v) is 13.9. The highest BCUT2D eigenvalue weighted by Gasteiger charge is 2.18. The summed E-state index contributed by atoms with van der Waals surface area (Å²) in [6.45, 7) is 6.84. The standard InChI is InChI=1S/C15H24N2O3S/c1-12(2)11-17(21(4,19)20)10-9-16-15(18)14-8-6-5-7-13(14)3/h5-8,12H,9-11H2,1-4H3,(H,16,18). The zero-order chi connectivity index (χ0) is 16.0. The second kappa shape index (κ2) is 7.56. The Kier molecular flexibility index (Phi) is 6.36. The second-order valence-electron chi connectivity index (χ2n) is 5.59. The fourth-order valence-electron chi connectivity index (χ4n) is 2.02. The van der Waals surface area contributed by atoms with Crippen LogP contribution in [0.15, 0.2) is 24.3 Å². The van der Waals surface area contributed by atoms with Gasteiger partial charge in [-0.05, 0) is 24.5 Å². The lowest BCUT2D eigenvalue weighted by molar-refractivity contribution is 0.0950. The summed E-state index contributed by atoms with van der Waals surface area (Å²) in [7, 11) is -3.25. The number of hydrogen-bond acceptors (Lipinski definition) is 3. The largest absolute Gasteiger partial charge is 0.351 e. The van der Waals surface area contributed by atoms with Gasteiger partial charge in [0.25, 0.3) is 5.91 Å². The number of nitrogens with one attached hydrogen (secondary N) is 1. The maximum absolute atomic E-state index is 12.0. The molecule has 0 bridgehead atoms. The van der Waals surface area contributed by atoms with Gasteiger partial charge in [-0.1, -0.05) is 32.0 Å². The predicted molar refractivity (Wildman–Crippen MR) is 84.8 cm³/mol. The monoisotopic (exact) mass is 312 g/mol. The molecule has 0 spiro atoms. The van der Waals surface area contributed by atoms with Gasteiger partial charge in [0.2, 0.25) is 10.0 Å². The molecule has 21 heavy (non-hydrogen) atoms. The summed E-state index contributed by atoms with van der Waals surface area (Å²) in [6.07, 6.45) is 1.19. The third-order valence-electron chi connectivity index (χ3n) is 3.07. The van der Waals surface area contributed by atoms with Crippen LogP contribution in [0, 0.1) is 12.8 Å². The van der Waals surface area contributed by atoms with Crippen molar-refractivity contribution >= 4 is 15.9 Å². The van der Waals surface area contributed by atoms with E-state index in [-0.39, 0.29) is 18.4 Å². The number of benzene rings is 1. The van der Waals surface area contributed by atoms with Crippen LogP contribution in [0.3, 0.4) is 0 Å². The predicted octanol–water partition coefficient (Wildman–Crippen LogP) is 1.64. The molecule has 0 heterocycles. The van der Waals surface area contributed by atoms with Crippen LogP contribution in [-0.2, 0) is 10.0 Å². The molecule has 0 aliphatic heterocycles. The number of carbonyl (C=O) groups is 1. The third-order valence-corrected chi connectivity index (χ3v) is 4.34. The van der Waals surface area contributed by atoms with Gasteiger partial charge in [-0.3, -0.25) is 4.79 Å². The Labute approximate surface area is 127 Å². The minimum atomic E-state index is -3.25. The molecule has 0 radical (unpaired) electrons. The van der Waals surface area contributed by atoms with Gasteiger partial charge in [0, 0.05) is 25.2 Å². The maximum Gasteiger partial charge on any atom is 0.251 e. The van der Waals surface area contributed by atoms with Gasteiger partial charge in [0.1, 0.15) is 0 Å². The van der Waals surface area contributed by atoms with Crippen molar-refractivity contribution in [2.45, 2.75) is 20.8 Å². The number of aryl methyl sites for hydroxylation is 1. The van der Waals surface area contributed by atoms with Crippen molar-refractivity contribution in [2.75, 3.05) is 25.9 Å². The van der Waals surface area contributed by atoms with Crippen LogP contribution >= 0.6 is 0 Å². The van der Waals surface area contributed by atoms with Gasteiger partial charge in [-0.2, -0.15) is 0 Å². The van der Waals surface area contributed by atoms with Crippen molar-refractivity contribution in [3.8, 4) is 0 Å². The SMILES string of the molecule is Cc1ccccc1C(=O)NCCN(CC(C)C)S(C)(=O)=O. The Balaban J connectivity index is 2.59. The molecule has 118 valence electrons. The maximum atomic E-state index is 12.0. The first-order valence-electron chi connectivity index (χ1n) is 7.00. The summed E-state index contributed by atoms with van der Waals surface area (Å²) < 4.78 is 24.8. The Morgan fingerprint density at radius 2 is 1.90 bits per heavy atom. The van der Waals surface area contributed by atoms with Gasteiger partial charge in [0.05, 0.1) is 6.26 Å². The van der Waals surface area contributed by atoms with Crippen LogP contribution < -0.4 is 5.32 Å². The summed E-state index contributed by atoms with van der Waals surface area (Å²) in [5.74, 6) is 0.0675. The minimum absolute atomic E-state index is 0.175. The van der Waals surface area contributed by atoms with Crippen LogP contribution in [0.2, 0.25) is 0 Å². The normalized spacial score (nSPS) is 11.9. The summed E-state index contributed by atoms with van der Waals surface area (Å²) in [6, 6.07) is 7.31. The molecule has 0 saturated carbocycles. The van der Waals surface area contributed by atoms with E-state index >= 15 is 0 Å². The van der Waals surface area contributed by atoms with Crippen LogP contribution in [0.4, 0.5) is 0 Å². The molecule has 0 aromatic heterocycles. The van der Waals surface area contributed by atoms with Crippen molar-refractivity contribution in [1.82, 2.24) is 9.62 Å². The number of sulfonamides is 1. The molecule has 5 nitrogen and oxygen atoms in total. The molecule has 0 atom stereocenters. The van der Waals surface area contributed by atoms with E-state index < -0.39 is 10.0 Å². The van der Waals surface area contributed by atoms with Gasteiger partial charge < -0.3 is 5.32 Å². The quantitative estimate of drug-likeness (QED) is 0.832. The van der Waals surface area contributed by atoms with E-state index in [2.05, 4.69) is 5.32 Å². The van der Waals surface area contributed by atoms with E-state index in [1.807, 2.05) is 39.0 Å². The molecular weight excluding hydrogens is 288 g/mol. The molecular formula is C15H24N2O3S. The molecule has 0 aliphatic rings. The van der Waals surface area contributed by atoms with Gasteiger partial charge in [-0.25, -0.2) is 12.7 Å². The summed E-state index contributed by atoms with van der Waals surface area (Å²) >= 11 is 0. The molecule has 0 saturated heterocycles. The fourth-order valence-corrected chi connectivity index (χ4v) is 3.01. The molecule has 6 heteroatoms. The van der Waals surface area contributed by atoms with Crippen molar-refractivity contribution in [2.24, 2.45) is 5.92 Å². The smallest absolute Gasteiger partial charge is 0.251 e. The van der Waals surface area contributed by atoms with E-state index in [1.54, 1.807) is 6.07 Å². The van der Waals surface area contributed by atoms with E-state index in [4.69, 9.17) is 0 Å². The van der Waals surface area contributed by atoms with Gasteiger partial charge in [0.15, 0.2) is 0 Å². The molecule has 1 rings (SSSR count). The number of hydrogen-bond donors (Lipinski definition) is 1. The van der Waals surface area contributed by atoms with Crippen LogP contribution in [0.25, 0.3) is 0 Å². The van der Waals surface area contributed by atoms with Crippen molar-refractivity contribution < 1.29 is 13.2 Å². The molecule has 1 amide bonds. The lowest BCUT2D eigenvalue weighted by Gasteiger charge is -2.22. The molecule has 0 fully saturated rings. The highest BCUT2D eigenvalue weighted by Crippen LogP contribution is 2.07. The fraction of sp³-hybridized carbons (Fsp3) is 0.533. The van der Waals surface area contributed by atoms with Crippen LogP contribution in [-0.4, -0.2) is 44.5 Å². The molecule has 0 unspecified atom stereocenters. The highest BCUT2D eigenvalue weighted by molar-refractivity contribution is 7.88. The average molecular weight is 312 g/mol. The third kappa shape index (κ3) is 5.85. The Bertz CT molecular complexity index is 582. The first-order valence-corrected chi connectivity index (χ1v) is 8.85. The van der Waals surface area contributed by atoms with Crippen LogP contribution in [0.5, 0.6) is 0 Å². The van der Waals surface area contributed by atoms with Crippen molar-refractivity contribution in [3.63, 3.8) is 0 Å². The highest BCUT2D eigenvalue weighted by atomic mass is 32.2. The van der Waals surface area contributed by atoms with E-state index in [0.29, 0.717) is 18.7 Å². The average Bonchev–Trinajstić information content (AvgIpc) is 2.36. The number of carbonyl (C=O) groups excluding carboxylic acids is 1. The zero-order valence-electron chi connectivity index (χ0n) is 13.1. The number of nitrogens with zero attached hydrogens (tertiary/aromatic N) is 1. The molecule has 1 aromatic carbocycles. The number of rotatable bonds is 7. The summed E-state index contributed by atoms with van der Waals surface area (Å²) in [5.41, 5.74) is 1.52. The first kappa shape index (κ1) is 17.7. The Hall–Kier alpha value is -1.40. The second-order valence-corrected chi connectivity index (χ2v) is 7.57. The van der Waals surface area contributed by atoms with Gasteiger partial charge >= 0.3 is 0 Å². The first-order chi connectivity index (χ1) is 9.71. The Morgan fingerprint density at radius 3 is 2.43 bits per heavy atom. The van der Waals surface area contributed by atoms with Crippen molar-refractivity contribution in [3.05, 3.63) is 35.4 Å². The molecule has 1 N–H and O–H groups in total. The lowest BCUT2D eigenvalue weighted by Crippen LogP contribution is -2.40. The van der Waals surface area contributed by atoms with E-state index in [1.165, 1.54) is 10.6 Å². The van der Waals surface area contributed by atoms with Gasteiger partial charge in [-0.15, -0.1) is 0 Å².